The number of hydrogen-bond acceptors (Lipinski definition) is 4. The number of Topliss-reactive ketones (excluding diaryl/α,β-unsaturated/α-hetero) is 1. The first-order valence-electron chi connectivity index (χ1n) is 7.08. The van der Waals surface area contributed by atoms with E-state index in [9.17, 15) is 4.79 Å². The molecule has 3 rings (SSSR count). The fourth-order valence-corrected chi connectivity index (χ4v) is 3.01. The van der Waals surface area contributed by atoms with Crippen LogP contribution in [0.4, 0.5) is 0 Å². The van der Waals surface area contributed by atoms with Gasteiger partial charge in [0, 0.05) is 16.1 Å². The lowest BCUT2D eigenvalue weighted by molar-refractivity contribution is 0.0994. The third kappa shape index (κ3) is 3.81. The van der Waals surface area contributed by atoms with Crippen LogP contribution in [0.25, 0.3) is 11.4 Å². The van der Waals surface area contributed by atoms with Crippen LogP contribution in [0, 0.1) is 0 Å². The highest BCUT2D eigenvalue weighted by Crippen LogP contribution is 2.25. The van der Waals surface area contributed by atoms with Crippen molar-refractivity contribution in [2.24, 2.45) is 0 Å². The molecule has 1 atom stereocenters. The van der Waals surface area contributed by atoms with Crippen molar-refractivity contribution in [2.75, 3.05) is 0 Å². The molecule has 1 aromatic heterocycles. The molecule has 0 aliphatic carbocycles. The van der Waals surface area contributed by atoms with Gasteiger partial charge in [-0.25, -0.2) is 4.98 Å². The normalized spacial score (nSPS) is 12.1. The Labute approximate surface area is 143 Å². The topological polar surface area (TPSA) is 58.6 Å². The second-order valence-electron chi connectivity index (χ2n) is 4.96. The maximum atomic E-state index is 12.4. The van der Waals surface area contributed by atoms with Crippen molar-refractivity contribution in [1.82, 2.24) is 15.2 Å². The van der Waals surface area contributed by atoms with E-state index in [0.717, 1.165) is 5.56 Å². The molecule has 0 saturated heterocycles. The van der Waals surface area contributed by atoms with Gasteiger partial charge in [-0.3, -0.25) is 9.89 Å². The lowest BCUT2D eigenvalue weighted by Gasteiger charge is -2.07. The van der Waals surface area contributed by atoms with E-state index in [2.05, 4.69) is 15.2 Å². The fourth-order valence-electron chi connectivity index (χ4n) is 2.08. The van der Waals surface area contributed by atoms with Gasteiger partial charge in [-0.2, -0.15) is 0 Å². The third-order valence-corrected chi connectivity index (χ3v) is 4.51. The number of aromatic nitrogens is 3. The van der Waals surface area contributed by atoms with Crippen LogP contribution < -0.4 is 0 Å². The predicted molar refractivity (Wildman–Crippen MR) is 92.9 cm³/mol. The van der Waals surface area contributed by atoms with E-state index in [0.29, 0.717) is 21.6 Å². The smallest absolute Gasteiger partial charge is 0.209 e. The quantitative estimate of drug-likeness (QED) is 0.547. The van der Waals surface area contributed by atoms with Gasteiger partial charge >= 0.3 is 0 Å². The number of aromatic amines is 1. The second-order valence-corrected chi connectivity index (χ2v) is 6.71. The molecule has 4 nitrogen and oxygen atoms in total. The van der Waals surface area contributed by atoms with Crippen LogP contribution in [0.2, 0.25) is 5.02 Å². The lowest BCUT2D eigenvalue weighted by Crippen LogP contribution is -2.13. The van der Waals surface area contributed by atoms with Gasteiger partial charge in [0.1, 0.15) is 0 Å². The minimum atomic E-state index is -0.282. The summed E-state index contributed by atoms with van der Waals surface area (Å²) in [5, 5.41) is 7.97. The van der Waals surface area contributed by atoms with Crippen molar-refractivity contribution in [3.8, 4) is 11.4 Å². The summed E-state index contributed by atoms with van der Waals surface area (Å²) < 4.78 is 0. The van der Waals surface area contributed by atoms with Gasteiger partial charge in [0.15, 0.2) is 11.6 Å². The first kappa shape index (κ1) is 15.8. The van der Waals surface area contributed by atoms with Gasteiger partial charge in [-0.15, -0.1) is 5.10 Å². The highest BCUT2D eigenvalue weighted by Gasteiger charge is 2.19. The molecule has 6 heteroatoms. The third-order valence-electron chi connectivity index (χ3n) is 3.29. The van der Waals surface area contributed by atoms with Crippen molar-refractivity contribution in [3.05, 3.63) is 65.2 Å². The number of hydrogen-bond donors (Lipinski definition) is 1. The highest BCUT2D eigenvalue weighted by molar-refractivity contribution is 8.00. The number of nitrogens with zero attached hydrogens (tertiary/aromatic N) is 2. The van der Waals surface area contributed by atoms with Crippen molar-refractivity contribution in [3.63, 3.8) is 0 Å². The molecule has 116 valence electrons. The Bertz CT molecular complexity index is 802. The number of H-pyrrole nitrogens is 1. The molecule has 2 aromatic carbocycles. The Balaban J connectivity index is 1.71. The summed E-state index contributed by atoms with van der Waals surface area (Å²) in [4.78, 5) is 16.8. The number of thioether (sulfide) groups is 1. The molecular weight excluding hydrogens is 330 g/mol. The average molecular weight is 344 g/mol. The molecule has 0 radical (unpaired) electrons. The minimum absolute atomic E-state index is 0.0257. The highest BCUT2D eigenvalue weighted by atomic mass is 35.5. The Morgan fingerprint density at radius 3 is 2.52 bits per heavy atom. The molecule has 1 heterocycles. The number of halogens is 1. The summed E-state index contributed by atoms with van der Waals surface area (Å²) in [6.07, 6.45) is 0. The summed E-state index contributed by atoms with van der Waals surface area (Å²) in [7, 11) is 0. The molecular formula is C17H14ClN3OS. The minimum Gasteiger partial charge on any atom is -0.293 e. The fraction of sp³-hybridized carbons (Fsp3) is 0.118. The second kappa shape index (κ2) is 6.98. The van der Waals surface area contributed by atoms with Crippen LogP contribution >= 0.6 is 23.4 Å². The molecule has 0 saturated carbocycles. The van der Waals surface area contributed by atoms with E-state index in [-0.39, 0.29) is 11.0 Å². The number of nitrogens with one attached hydrogen (secondary N) is 1. The maximum Gasteiger partial charge on any atom is 0.209 e. The van der Waals surface area contributed by atoms with Crippen molar-refractivity contribution in [1.29, 1.82) is 0 Å². The van der Waals surface area contributed by atoms with E-state index in [1.165, 1.54) is 11.8 Å². The first-order chi connectivity index (χ1) is 11.1. The standard InChI is InChI=1S/C17H14ClN3OS/c1-11(15(22)12-7-9-14(18)10-8-12)23-17-19-16(20-21-17)13-5-3-2-4-6-13/h2-11H,1H3,(H,19,20,21)/t11-/m1/s1. The molecule has 0 aliphatic rings. The maximum absolute atomic E-state index is 12.4. The van der Waals surface area contributed by atoms with Crippen LogP contribution in [-0.2, 0) is 0 Å². The van der Waals surface area contributed by atoms with E-state index >= 15 is 0 Å². The molecule has 0 spiro atoms. The largest absolute Gasteiger partial charge is 0.293 e. The van der Waals surface area contributed by atoms with E-state index in [1.54, 1.807) is 24.3 Å². The van der Waals surface area contributed by atoms with E-state index < -0.39 is 0 Å². The summed E-state index contributed by atoms with van der Waals surface area (Å²) in [5.41, 5.74) is 1.59. The van der Waals surface area contributed by atoms with Crippen molar-refractivity contribution in [2.45, 2.75) is 17.3 Å². The number of benzene rings is 2. The molecule has 1 N–H and O–H groups in total. The Morgan fingerprint density at radius 1 is 1.13 bits per heavy atom. The molecule has 0 amide bonds. The predicted octanol–water partition coefficient (Wildman–Crippen LogP) is 4.49. The zero-order valence-electron chi connectivity index (χ0n) is 12.4. The summed E-state index contributed by atoms with van der Waals surface area (Å²) in [6, 6.07) is 16.6. The van der Waals surface area contributed by atoms with Crippen LogP contribution in [-0.4, -0.2) is 26.2 Å². The lowest BCUT2D eigenvalue weighted by atomic mass is 10.1. The molecule has 0 unspecified atom stereocenters. The van der Waals surface area contributed by atoms with Gasteiger partial charge in [-0.05, 0) is 31.2 Å². The van der Waals surface area contributed by atoms with Crippen LogP contribution in [0.5, 0.6) is 0 Å². The zero-order chi connectivity index (χ0) is 16.2. The number of carbonyl (C=O) groups excluding carboxylic acids is 1. The molecule has 0 aliphatic heterocycles. The van der Waals surface area contributed by atoms with Crippen LogP contribution in [0.15, 0.2) is 59.8 Å². The Hall–Kier alpha value is -2.11. The van der Waals surface area contributed by atoms with Gasteiger partial charge in [0.05, 0.1) is 5.25 Å². The summed E-state index contributed by atoms with van der Waals surface area (Å²) >= 11 is 7.18. The average Bonchev–Trinajstić information content (AvgIpc) is 3.04. The number of rotatable bonds is 5. The first-order valence-corrected chi connectivity index (χ1v) is 8.33. The van der Waals surface area contributed by atoms with E-state index in [4.69, 9.17) is 11.6 Å². The van der Waals surface area contributed by atoms with Crippen LogP contribution in [0.1, 0.15) is 17.3 Å². The monoisotopic (exact) mass is 343 g/mol. The van der Waals surface area contributed by atoms with Crippen molar-refractivity contribution < 1.29 is 4.79 Å². The van der Waals surface area contributed by atoms with Gasteiger partial charge in [0.25, 0.3) is 0 Å². The van der Waals surface area contributed by atoms with Gasteiger partial charge in [-0.1, -0.05) is 53.7 Å². The molecule has 0 bridgehead atoms. The zero-order valence-corrected chi connectivity index (χ0v) is 13.9. The van der Waals surface area contributed by atoms with E-state index in [1.807, 2.05) is 37.3 Å². The summed E-state index contributed by atoms with van der Waals surface area (Å²) in [5.74, 6) is 0.719. The molecule has 23 heavy (non-hydrogen) atoms. The molecule has 3 aromatic rings. The number of ketones is 1. The van der Waals surface area contributed by atoms with Crippen LogP contribution in [0.3, 0.4) is 0 Å². The van der Waals surface area contributed by atoms with Gasteiger partial charge < -0.3 is 0 Å². The van der Waals surface area contributed by atoms with Gasteiger partial charge in [0.2, 0.25) is 5.16 Å². The SMILES string of the molecule is C[C@@H](Sc1n[nH]c(-c2ccccc2)n1)C(=O)c1ccc(Cl)cc1. The Kier molecular flexibility index (Phi) is 4.79. The summed E-state index contributed by atoms with van der Waals surface area (Å²) in [6.45, 7) is 1.85. The Morgan fingerprint density at radius 2 is 1.83 bits per heavy atom. The number of carbonyl (C=O) groups is 1. The molecule has 0 fully saturated rings. The van der Waals surface area contributed by atoms with Crippen molar-refractivity contribution >= 4 is 29.1 Å².